The predicted molar refractivity (Wildman–Crippen MR) is 120 cm³/mol. The van der Waals surface area contributed by atoms with Gasteiger partial charge in [-0.1, -0.05) is 29.3 Å². The van der Waals surface area contributed by atoms with E-state index in [0.29, 0.717) is 46.0 Å². The normalized spacial score (nSPS) is 22.9. The van der Waals surface area contributed by atoms with Crippen LogP contribution in [0.1, 0.15) is 6.42 Å². The number of benzene rings is 1. The molecule has 156 valence electrons. The smallest absolute Gasteiger partial charge is 0.320 e. The van der Waals surface area contributed by atoms with Gasteiger partial charge >= 0.3 is 6.03 Å². The van der Waals surface area contributed by atoms with Crippen molar-refractivity contribution in [2.45, 2.75) is 21.9 Å². The molecule has 0 aliphatic carbocycles. The van der Waals surface area contributed by atoms with Crippen LogP contribution in [-0.2, 0) is 10.0 Å². The molecule has 1 aromatic carbocycles. The summed E-state index contributed by atoms with van der Waals surface area (Å²) in [4.78, 5) is 14.7. The van der Waals surface area contributed by atoms with Crippen molar-refractivity contribution in [2.24, 2.45) is 0 Å². The number of hydrogen-bond donors (Lipinski definition) is 1. The van der Waals surface area contributed by atoms with Crippen LogP contribution in [0.3, 0.4) is 0 Å². The molecule has 4 rings (SSSR count). The summed E-state index contributed by atoms with van der Waals surface area (Å²) in [6, 6.07) is 8.14. The largest absolute Gasteiger partial charge is 0.322 e. The highest BCUT2D eigenvalue weighted by Crippen LogP contribution is 2.34. The average molecular weight is 492 g/mol. The lowest BCUT2D eigenvalue weighted by atomic mass is 10.0. The fraction of sp³-hybridized carbons (Fsp3) is 0.389. The van der Waals surface area contributed by atoms with E-state index in [1.165, 1.54) is 11.3 Å². The lowest BCUT2D eigenvalue weighted by molar-refractivity contribution is 0.160. The van der Waals surface area contributed by atoms with E-state index in [2.05, 4.69) is 5.32 Å². The Morgan fingerprint density at radius 3 is 2.72 bits per heavy atom. The number of carbonyl (C=O) groups is 1. The summed E-state index contributed by atoms with van der Waals surface area (Å²) in [5.74, 6) is 0.767. The number of halogens is 2. The van der Waals surface area contributed by atoms with Crippen LogP contribution in [0, 0.1) is 0 Å². The maximum atomic E-state index is 12.9. The van der Waals surface area contributed by atoms with E-state index in [0.717, 1.165) is 5.75 Å². The molecule has 1 N–H and O–H groups in total. The van der Waals surface area contributed by atoms with Crippen molar-refractivity contribution in [3.63, 3.8) is 0 Å². The van der Waals surface area contributed by atoms with Gasteiger partial charge in [-0.25, -0.2) is 13.2 Å². The minimum atomic E-state index is -3.47. The molecule has 3 heterocycles. The third-order valence-electron chi connectivity index (χ3n) is 5.07. The zero-order valence-corrected chi connectivity index (χ0v) is 19.2. The van der Waals surface area contributed by atoms with Crippen molar-refractivity contribution < 1.29 is 13.2 Å². The Kier molecular flexibility index (Phi) is 6.34. The highest BCUT2D eigenvalue weighted by Gasteiger charge is 2.42. The second-order valence-electron chi connectivity index (χ2n) is 6.81. The Balaban J connectivity index is 1.45. The molecule has 2 aliphatic rings. The van der Waals surface area contributed by atoms with Gasteiger partial charge in [0.25, 0.3) is 10.0 Å². The molecule has 2 aromatic rings. The zero-order valence-electron chi connectivity index (χ0n) is 15.3. The Labute approximate surface area is 188 Å². The standard InChI is InChI=1S/C18H19Cl2N3O3S3/c19-13-4-3-12(10-14(13)20)21-18(24)23-7-9-27-16-11-22(6-5-15(16)23)29(25,26)17-2-1-8-28-17/h1-4,8,10,15-16H,5-7,9,11H2,(H,21,24). The number of thioether (sulfide) groups is 1. The van der Waals surface area contributed by atoms with E-state index in [4.69, 9.17) is 23.2 Å². The molecule has 11 heteroatoms. The summed E-state index contributed by atoms with van der Waals surface area (Å²) in [7, 11) is -3.47. The monoisotopic (exact) mass is 491 g/mol. The van der Waals surface area contributed by atoms with Gasteiger partial charge in [0.2, 0.25) is 0 Å². The fourth-order valence-corrected chi connectivity index (χ4v) is 8.05. The number of sulfonamides is 1. The minimum Gasteiger partial charge on any atom is -0.320 e. The minimum absolute atomic E-state index is 0.00805. The third kappa shape index (κ3) is 4.40. The molecule has 2 amide bonds. The second kappa shape index (κ2) is 8.64. The summed E-state index contributed by atoms with van der Waals surface area (Å²) in [5.41, 5.74) is 0.580. The molecule has 0 bridgehead atoms. The SMILES string of the molecule is O=C(Nc1ccc(Cl)c(Cl)c1)N1CCSC2CN(S(=O)(=O)c3cccs3)CCC21. The number of urea groups is 1. The van der Waals surface area contributed by atoms with Crippen LogP contribution in [-0.4, -0.2) is 60.3 Å². The van der Waals surface area contributed by atoms with Crippen LogP contribution in [0.25, 0.3) is 0 Å². The molecule has 2 aliphatic heterocycles. The first-order valence-electron chi connectivity index (χ1n) is 9.04. The Hall–Kier alpha value is -0.970. The summed E-state index contributed by atoms with van der Waals surface area (Å²) >= 11 is 14.9. The van der Waals surface area contributed by atoms with Crippen LogP contribution in [0.15, 0.2) is 39.9 Å². The number of nitrogens with zero attached hydrogens (tertiary/aromatic N) is 2. The van der Waals surface area contributed by atoms with Crippen molar-refractivity contribution >= 4 is 68.0 Å². The van der Waals surface area contributed by atoms with Crippen molar-refractivity contribution in [2.75, 3.05) is 30.7 Å². The Morgan fingerprint density at radius 2 is 2.00 bits per heavy atom. The van der Waals surface area contributed by atoms with Gasteiger partial charge in [-0.15, -0.1) is 11.3 Å². The van der Waals surface area contributed by atoms with Crippen molar-refractivity contribution in [1.82, 2.24) is 9.21 Å². The topological polar surface area (TPSA) is 69.7 Å². The van der Waals surface area contributed by atoms with Crippen LogP contribution < -0.4 is 5.32 Å². The number of thiophene rings is 1. The molecular weight excluding hydrogens is 473 g/mol. The van der Waals surface area contributed by atoms with Crippen LogP contribution in [0.5, 0.6) is 0 Å². The van der Waals surface area contributed by atoms with Gasteiger partial charge in [0.1, 0.15) is 4.21 Å². The maximum absolute atomic E-state index is 12.9. The average Bonchev–Trinajstić information content (AvgIpc) is 3.25. The molecule has 29 heavy (non-hydrogen) atoms. The first-order chi connectivity index (χ1) is 13.9. The van der Waals surface area contributed by atoms with Crippen LogP contribution in [0.2, 0.25) is 10.0 Å². The lowest BCUT2D eigenvalue weighted by Crippen LogP contribution is -2.59. The Bertz CT molecular complexity index is 1000. The van der Waals surface area contributed by atoms with Gasteiger partial charge in [0.15, 0.2) is 0 Å². The van der Waals surface area contributed by atoms with Gasteiger partial charge in [-0.2, -0.15) is 16.1 Å². The zero-order chi connectivity index (χ0) is 20.6. The van der Waals surface area contributed by atoms with E-state index in [9.17, 15) is 13.2 Å². The molecule has 0 radical (unpaired) electrons. The van der Waals surface area contributed by atoms with E-state index in [1.54, 1.807) is 51.8 Å². The van der Waals surface area contributed by atoms with Crippen LogP contribution in [0.4, 0.5) is 10.5 Å². The van der Waals surface area contributed by atoms with E-state index in [-0.39, 0.29) is 17.3 Å². The van der Waals surface area contributed by atoms with Crippen LogP contribution >= 0.6 is 46.3 Å². The Morgan fingerprint density at radius 1 is 1.17 bits per heavy atom. The number of anilines is 1. The molecule has 2 saturated heterocycles. The van der Waals surface area contributed by atoms with Crippen molar-refractivity contribution in [3.05, 3.63) is 45.8 Å². The molecule has 2 atom stereocenters. The fourth-order valence-electron chi connectivity index (χ4n) is 3.64. The first kappa shape index (κ1) is 21.3. The predicted octanol–water partition coefficient (Wildman–Crippen LogP) is 4.47. The first-order valence-corrected chi connectivity index (χ1v) is 13.2. The number of amides is 2. The molecule has 0 spiro atoms. The quantitative estimate of drug-likeness (QED) is 0.687. The third-order valence-corrected chi connectivity index (χ3v) is 10.4. The van der Waals surface area contributed by atoms with Gasteiger partial charge in [0.05, 0.1) is 10.0 Å². The van der Waals surface area contributed by atoms with Crippen molar-refractivity contribution in [3.8, 4) is 0 Å². The number of hydrogen-bond acceptors (Lipinski definition) is 5. The number of carbonyl (C=O) groups excluding carboxylic acids is 1. The molecule has 1 aromatic heterocycles. The van der Waals surface area contributed by atoms with E-state index < -0.39 is 10.0 Å². The summed E-state index contributed by atoms with van der Waals surface area (Å²) in [6.07, 6.45) is 0.608. The number of nitrogens with one attached hydrogen (secondary N) is 1. The molecule has 2 fully saturated rings. The molecule has 2 unspecified atom stereocenters. The summed E-state index contributed by atoms with van der Waals surface area (Å²) < 4.78 is 27.6. The van der Waals surface area contributed by atoms with Gasteiger partial charge < -0.3 is 10.2 Å². The number of piperidine rings is 1. The highest BCUT2D eigenvalue weighted by atomic mass is 35.5. The van der Waals surface area contributed by atoms with Gasteiger partial charge in [-0.3, -0.25) is 0 Å². The lowest BCUT2D eigenvalue weighted by Gasteiger charge is -2.46. The number of fused-ring (bicyclic) bond motifs is 1. The maximum Gasteiger partial charge on any atom is 0.322 e. The molecule has 6 nitrogen and oxygen atoms in total. The number of rotatable bonds is 3. The second-order valence-corrected chi connectivity index (χ2v) is 12.1. The summed E-state index contributed by atoms with van der Waals surface area (Å²) in [5, 5.41) is 5.50. The molecular formula is C18H19Cl2N3O3S3. The van der Waals surface area contributed by atoms with Gasteiger partial charge in [0, 0.05) is 42.4 Å². The van der Waals surface area contributed by atoms with Crippen molar-refractivity contribution in [1.29, 1.82) is 0 Å². The highest BCUT2D eigenvalue weighted by molar-refractivity contribution is 8.00. The van der Waals surface area contributed by atoms with E-state index >= 15 is 0 Å². The van der Waals surface area contributed by atoms with Gasteiger partial charge in [-0.05, 0) is 36.1 Å². The summed E-state index contributed by atoms with van der Waals surface area (Å²) in [6.45, 7) is 1.43. The molecule has 0 saturated carbocycles. The van der Waals surface area contributed by atoms with E-state index in [1.807, 2.05) is 4.90 Å².